The van der Waals surface area contributed by atoms with Gasteiger partial charge in [0.2, 0.25) is 0 Å². The fourth-order valence-corrected chi connectivity index (χ4v) is 2.31. The number of nitrogens with zero attached hydrogens (tertiary/aromatic N) is 4. The number of halogens is 3. The number of pyridine rings is 1. The van der Waals surface area contributed by atoms with E-state index < -0.39 is 17.6 Å². The maximum atomic E-state index is 13.0. The molecular weight excluding hydrogens is 373 g/mol. The van der Waals surface area contributed by atoms with Gasteiger partial charge < -0.3 is 0 Å². The molecule has 3 aromatic rings. The molecule has 0 unspecified atom stereocenters. The van der Waals surface area contributed by atoms with E-state index in [2.05, 4.69) is 25.9 Å². The summed E-state index contributed by atoms with van der Waals surface area (Å²) < 4.78 is 40.1. The number of alkyl halides is 3. The zero-order chi connectivity index (χ0) is 20.1. The lowest BCUT2D eigenvalue weighted by Gasteiger charge is -2.09. The molecule has 0 saturated carbocycles. The van der Waals surface area contributed by atoms with Crippen LogP contribution in [0.1, 0.15) is 11.1 Å². The number of rotatable bonds is 5. The lowest BCUT2D eigenvalue weighted by molar-refractivity contribution is -0.137. The van der Waals surface area contributed by atoms with Gasteiger partial charge >= 0.3 is 6.18 Å². The van der Waals surface area contributed by atoms with E-state index in [9.17, 15) is 18.0 Å². The lowest BCUT2D eigenvalue weighted by atomic mass is 10.1. The minimum atomic E-state index is -4.46. The van der Waals surface area contributed by atoms with Crippen molar-refractivity contribution in [2.24, 2.45) is 0 Å². The zero-order valence-electron chi connectivity index (χ0n) is 14.6. The molecule has 28 heavy (non-hydrogen) atoms. The van der Waals surface area contributed by atoms with Gasteiger partial charge in [0, 0.05) is 30.2 Å². The molecule has 3 rings (SSSR count). The Balaban J connectivity index is 1.68. The number of hydrogen-bond donors (Lipinski definition) is 2. The molecule has 1 amide bonds. The van der Waals surface area contributed by atoms with Crippen LogP contribution in [-0.2, 0) is 11.0 Å². The molecule has 0 radical (unpaired) electrons. The Kier molecular flexibility index (Phi) is 5.39. The Morgan fingerprint density at radius 3 is 2.64 bits per heavy atom. The number of nitrogens with one attached hydrogen (secondary N) is 2. The highest BCUT2D eigenvalue weighted by Crippen LogP contribution is 2.32. The maximum Gasteiger partial charge on any atom is 0.416 e. The van der Waals surface area contributed by atoms with Crippen LogP contribution in [0, 0.1) is 6.92 Å². The molecule has 0 aliphatic carbocycles. The Bertz CT molecular complexity index is 998. The third kappa shape index (κ3) is 4.93. The highest BCUT2D eigenvalue weighted by Gasteiger charge is 2.31. The summed E-state index contributed by atoms with van der Waals surface area (Å²) in [6, 6.07) is 6.95. The first-order valence-corrected chi connectivity index (χ1v) is 8.06. The average molecular weight is 388 g/mol. The van der Waals surface area contributed by atoms with E-state index in [4.69, 9.17) is 0 Å². The molecule has 0 aliphatic heterocycles. The number of carbonyl (C=O) groups excluding carboxylic acids is 1. The van der Waals surface area contributed by atoms with Gasteiger partial charge in [0.15, 0.2) is 5.82 Å². The van der Waals surface area contributed by atoms with E-state index in [0.717, 1.165) is 12.1 Å². The second-order valence-corrected chi connectivity index (χ2v) is 5.80. The third-order valence-electron chi connectivity index (χ3n) is 3.56. The van der Waals surface area contributed by atoms with Crippen molar-refractivity contribution in [3.8, 4) is 11.4 Å². The fourth-order valence-electron chi connectivity index (χ4n) is 2.31. The summed E-state index contributed by atoms with van der Waals surface area (Å²) in [6.07, 6.45) is 2.51. The number of aryl methyl sites for hydroxylation is 1. The molecular formula is C18H15F3N6O. The number of anilines is 1. The highest BCUT2D eigenvalue weighted by atomic mass is 19.4. The Morgan fingerprint density at radius 1 is 1.18 bits per heavy atom. The van der Waals surface area contributed by atoms with Crippen LogP contribution in [0.4, 0.5) is 18.9 Å². The van der Waals surface area contributed by atoms with Crippen LogP contribution in [-0.4, -0.2) is 25.7 Å². The fraction of sp³-hybridized carbons (Fsp3) is 0.111. The SMILES string of the molecule is Cc1cc(-c2ncn(/C=C\C(=O)NNc3ccncc3)n2)cc(C(F)(F)F)c1. The van der Waals surface area contributed by atoms with Crippen molar-refractivity contribution in [1.82, 2.24) is 25.2 Å². The van der Waals surface area contributed by atoms with Crippen molar-refractivity contribution in [3.63, 3.8) is 0 Å². The molecule has 0 saturated heterocycles. The quantitative estimate of drug-likeness (QED) is 0.518. The molecule has 10 heteroatoms. The van der Waals surface area contributed by atoms with Gasteiger partial charge in [0.25, 0.3) is 5.91 Å². The molecule has 2 N–H and O–H groups in total. The molecule has 1 aromatic carbocycles. The van der Waals surface area contributed by atoms with Crippen LogP contribution < -0.4 is 10.9 Å². The molecule has 0 atom stereocenters. The van der Waals surface area contributed by atoms with Gasteiger partial charge in [-0.2, -0.15) is 13.2 Å². The third-order valence-corrected chi connectivity index (χ3v) is 3.56. The highest BCUT2D eigenvalue weighted by molar-refractivity contribution is 5.90. The Labute approximate surface area is 157 Å². The molecule has 7 nitrogen and oxygen atoms in total. The first-order valence-electron chi connectivity index (χ1n) is 8.06. The van der Waals surface area contributed by atoms with Gasteiger partial charge in [-0.1, -0.05) is 0 Å². The van der Waals surface area contributed by atoms with Crippen LogP contribution in [0.5, 0.6) is 0 Å². The van der Waals surface area contributed by atoms with Gasteiger partial charge in [0.1, 0.15) is 6.33 Å². The van der Waals surface area contributed by atoms with Crippen LogP contribution >= 0.6 is 0 Å². The zero-order valence-corrected chi connectivity index (χ0v) is 14.6. The van der Waals surface area contributed by atoms with Crippen LogP contribution in [0.2, 0.25) is 0 Å². The van der Waals surface area contributed by atoms with Crippen molar-refractivity contribution in [2.75, 3.05) is 5.43 Å². The molecule has 144 valence electrons. The topological polar surface area (TPSA) is 84.7 Å². The number of benzene rings is 1. The molecule has 0 aliphatic rings. The van der Waals surface area contributed by atoms with Crippen molar-refractivity contribution < 1.29 is 18.0 Å². The monoisotopic (exact) mass is 388 g/mol. The smallest absolute Gasteiger partial charge is 0.298 e. The summed E-state index contributed by atoms with van der Waals surface area (Å²) in [5.41, 5.74) is 5.71. The number of hydrogen-bond acceptors (Lipinski definition) is 5. The number of amides is 1. The van der Waals surface area contributed by atoms with Crippen LogP contribution in [0.25, 0.3) is 17.6 Å². The standard InChI is InChI=1S/C18H15F3N6O/c1-12-8-13(10-14(9-12)18(19,20)21)17-23-11-27(26-17)7-4-16(28)25-24-15-2-5-22-6-3-15/h2-11H,1H3,(H,22,24)(H,25,28)/b7-4-. The average Bonchev–Trinajstić information content (AvgIpc) is 3.13. The molecule has 0 bridgehead atoms. The molecule has 2 heterocycles. The summed E-state index contributed by atoms with van der Waals surface area (Å²) in [7, 11) is 0. The van der Waals surface area contributed by atoms with Crippen LogP contribution in [0.15, 0.2) is 55.1 Å². The number of carbonyl (C=O) groups is 1. The van der Waals surface area contributed by atoms with E-state index in [0.29, 0.717) is 11.3 Å². The van der Waals surface area contributed by atoms with E-state index in [-0.39, 0.29) is 11.4 Å². The Morgan fingerprint density at radius 2 is 1.93 bits per heavy atom. The van der Waals surface area contributed by atoms with Crippen molar-refractivity contribution >= 4 is 17.8 Å². The number of aromatic nitrogens is 4. The van der Waals surface area contributed by atoms with Crippen LogP contribution in [0.3, 0.4) is 0 Å². The summed E-state index contributed by atoms with van der Waals surface area (Å²) in [5.74, 6) is -0.335. The first kappa shape index (κ1) is 19.1. The van der Waals surface area contributed by atoms with Gasteiger partial charge in [-0.15, -0.1) is 5.10 Å². The summed E-state index contributed by atoms with van der Waals surface area (Å²) in [5, 5.41) is 4.08. The van der Waals surface area contributed by atoms with Crippen molar-refractivity contribution in [2.45, 2.75) is 13.1 Å². The predicted molar refractivity (Wildman–Crippen MR) is 96.5 cm³/mol. The Hall–Kier alpha value is -3.69. The summed E-state index contributed by atoms with van der Waals surface area (Å²) in [6.45, 7) is 1.57. The molecule has 0 spiro atoms. The normalized spacial score (nSPS) is 11.6. The summed E-state index contributed by atoms with van der Waals surface area (Å²) in [4.78, 5) is 19.7. The van der Waals surface area contributed by atoms with Gasteiger partial charge in [0.05, 0.1) is 11.3 Å². The largest absolute Gasteiger partial charge is 0.416 e. The van der Waals surface area contributed by atoms with E-state index in [1.807, 2.05) is 0 Å². The van der Waals surface area contributed by atoms with Crippen molar-refractivity contribution in [1.29, 1.82) is 0 Å². The minimum absolute atomic E-state index is 0.120. The van der Waals surface area contributed by atoms with Gasteiger partial charge in [-0.05, 0) is 42.8 Å². The molecule has 2 aromatic heterocycles. The van der Waals surface area contributed by atoms with E-state index in [1.165, 1.54) is 23.3 Å². The lowest BCUT2D eigenvalue weighted by Crippen LogP contribution is -2.27. The second-order valence-electron chi connectivity index (χ2n) is 5.80. The van der Waals surface area contributed by atoms with E-state index >= 15 is 0 Å². The van der Waals surface area contributed by atoms with Crippen molar-refractivity contribution in [3.05, 3.63) is 66.3 Å². The summed E-state index contributed by atoms with van der Waals surface area (Å²) >= 11 is 0. The van der Waals surface area contributed by atoms with E-state index in [1.54, 1.807) is 37.5 Å². The number of hydrazine groups is 1. The minimum Gasteiger partial charge on any atom is -0.298 e. The van der Waals surface area contributed by atoms with Gasteiger partial charge in [-0.3, -0.25) is 20.6 Å². The van der Waals surface area contributed by atoms with Gasteiger partial charge in [-0.25, -0.2) is 9.67 Å². The maximum absolute atomic E-state index is 13.0. The molecule has 0 fully saturated rings. The second kappa shape index (κ2) is 7.91. The predicted octanol–water partition coefficient (Wildman–Crippen LogP) is 3.28. The first-order chi connectivity index (χ1) is 13.3.